The lowest BCUT2D eigenvalue weighted by molar-refractivity contribution is 0.102. The maximum absolute atomic E-state index is 13.3. The van der Waals surface area contributed by atoms with Gasteiger partial charge in [-0.25, -0.2) is 9.97 Å². The van der Waals surface area contributed by atoms with Crippen molar-refractivity contribution in [3.63, 3.8) is 0 Å². The van der Waals surface area contributed by atoms with Gasteiger partial charge < -0.3 is 15.2 Å². The summed E-state index contributed by atoms with van der Waals surface area (Å²) in [4.78, 5) is 38.9. The number of rotatable bonds is 5. The Morgan fingerprint density at radius 3 is 2.57 bits per heavy atom. The number of anilines is 3. The molecule has 9 heteroatoms. The first-order valence-corrected chi connectivity index (χ1v) is 11.8. The van der Waals surface area contributed by atoms with Gasteiger partial charge in [0, 0.05) is 41.0 Å². The Labute approximate surface area is 205 Å². The molecule has 8 nitrogen and oxygen atoms in total. The van der Waals surface area contributed by atoms with Gasteiger partial charge in [0.1, 0.15) is 5.52 Å². The minimum absolute atomic E-state index is 0.175. The summed E-state index contributed by atoms with van der Waals surface area (Å²) in [5.74, 6) is 0.146. The minimum Gasteiger partial charge on any atom is -0.323 e. The van der Waals surface area contributed by atoms with Gasteiger partial charge in [0.05, 0.1) is 23.1 Å². The van der Waals surface area contributed by atoms with Crippen LogP contribution in [0.1, 0.15) is 21.6 Å². The molecule has 1 amide bonds. The summed E-state index contributed by atoms with van der Waals surface area (Å²) in [6, 6.07) is 13.1. The fourth-order valence-electron chi connectivity index (χ4n) is 3.74. The second-order valence-electron chi connectivity index (χ2n) is 8.20. The van der Waals surface area contributed by atoms with Gasteiger partial charge in [-0.15, -0.1) is 0 Å². The quantitative estimate of drug-likeness (QED) is 0.363. The van der Waals surface area contributed by atoms with Crippen LogP contribution >= 0.6 is 11.3 Å². The van der Waals surface area contributed by atoms with Gasteiger partial charge in [-0.3, -0.25) is 14.6 Å². The van der Waals surface area contributed by atoms with E-state index in [4.69, 9.17) is 0 Å². The van der Waals surface area contributed by atoms with E-state index in [2.05, 4.69) is 25.6 Å². The van der Waals surface area contributed by atoms with Crippen LogP contribution < -0.4 is 16.2 Å². The first kappa shape index (κ1) is 22.4. The van der Waals surface area contributed by atoms with Crippen LogP contribution in [0.4, 0.5) is 17.3 Å². The van der Waals surface area contributed by atoms with Gasteiger partial charge in [-0.1, -0.05) is 6.07 Å². The molecular formula is C26H22N6O2S. The summed E-state index contributed by atoms with van der Waals surface area (Å²) in [5, 5.41) is 10.3. The lowest BCUT2D eigenvalue weighted by Crippen LogP contribution is -2.20. The molecule has 0 fully saturated rings. The molecule has 35 heavy (non-hydrogen) atoms. The number of nitrogens with zero attached hydrogens (tertiary/aromatic N) is 4. The number of fused-ring (bicyclic) bond motifs is 1. The molecule has 0 aliphatic rings. The summed E-state index contributed by atoms with van der Waals surface area (Å²) in [6.07, 6.45) is 3.33. The Kier molecular flexibility index (Phi) is 5.84. The van der Waals surface area contributed by atoms with Gasteiger partial charge in [0.25, 0.3) is 11.5 Å². The number of nitrogens with one attached hydrogen (secondary N) is 2. The lowest BCUT2D eigenvalue weighted by Gasteiger charge is -2.15. The number of thiophene rings is 1. The fourth-order valence-corrected chi connectivity index (χ4v) is 4.38. The summed E-state index contributed by atoms with van der Waals surface area (Å²) < 4.78 is 1.57. The highest BCUT2D eigenvalue weighted by molar-refractivity contribution is 7.08. The van der Waals surface area contributed by atoms with E-state index in [1.54, 1.807) is 35.5 Å². The molecule has 4 heterocycles. The van der Waals surface area contributed by atoms with Crippen molar-refractivity contribution in [3.8, 4) is 11.3 Å². The average molecular weight is 483 g/mol. The average Bonchev–Trinajstić information content (AvgIpc) is 3.40. The van der Waals surface area contributed by atoms with Crippen molar-refractivity contribution in [1.82, 2.24) is 19.5 Å². The first-order chi connectivity index (χ1) is 16.9. The van der Waals surface area contributed by atoms with Crippen molar-refractivity contribution < 1.29 is 4.79 Å². The van der Waals surface area contributed by atoms with Gasteiger partial charge in [-0.2, -0.15) is 11.3 Å². The van der Waals surface area contributed by atoms with E-state index in [1.807, 2.05) is 55.6 Å². The number of pyridine rings is 2. The standard InChI is InChI=1S/C26H22N6O2S/c1-15-4-6-19(29-24(33)17-8-9-35-14-17)11-21(15)22-10-18-12-28-26(31-23(18)25(34)32(22)3)30-20-7-5-16(2)27-13-20/h4-14H,1-3H3,(H,29,33)(H,28,30,31). The SMILES string of the molecule is Cc1ccc(Nc2ncc3cc(-c4cc(NC(=O)c5ccsc5)ccc4C)n(C)c(=O)c3n2)cn1. The smallest absolute Gasteiger partial charge is 0.277 e. The Bertz CT molecular complexity index is 1610. The van der Waals surface area contributed by atoms with Crippen molar-refractivity contribution in [2.45, 2.75) is 13.8 Å². The van der Waals surface area contributed by atoms with Gasteiger partial charge in [-0.05, 0) is 61.2 Å². The van der Waals surface area contributed by atoms with E-state index >= 15 is 0 Å². The molecule has 0 unspecified atom stereocenters. The third-order valence-electron chi connectivity index (χ3n) is 5.70. The summed E-state index contributed by atoms with van der Waals surface area (Å²) in [6.45, 7) is 3.88. The van der Waals surface area contributed by atoms with Crippen LogP contribution in [0.15, 0.2) is 70.4 Å². The largest absolute Gasteiger partial charge is 0.323 e. The molecule has 2 N–H and O–H groups in total. The summed E-state index contributed by atoms with van der Waals surface area (Å²) in [7, 11) is 1.71. The molecule has 0 saturated heterocycles. The minimum atomic E-state index is -0.239. The molecule has 5 rings (SSSR count). The second kappa shape index (κ2) is 9.11. The fraction of sp³-hybridized carbons (Fsp3) is 0.115. The lowest BCUT2D eigenvalue weighted by atomic mass is 10.0. The third-order valence-corrected chi connectivity index (χ3v) is 6.38. The molecular weight excluding hydrogens is 460 g/mol. The molecule has 0 aliphatic heterocycles. The van der Waals surface area contributed by atoms with E-state index in [1.165, 1.54) is 11.3 Å². The molecule has 5 aromatic rings. The van der Waals surface area contributed by atoms with Crippen LogP contribution in [0.25, 0.3) is 22.2 Å². The van der Waals surface area contributed by atoms with Gasteiger partial charge in [0.2, 0.25) is 5.95 Å². The highest BCUT2D eigenvalue weighted by Gasteiger charge is 2.14. The van der Waals surface area contributed by atoms with Crippen molar-refractivity contribution >= 4 is 45.5 Å². The third kappa shape index (κ3) is 4.53. The van der Waals surface area contributed by atoms with Crippen molar-refractivity contribution in [2.75, 3.05) is 10.6 Å². The Hall–Kier alpha value is -4.37. The molecule has 4 aromatic heterocycles. The molecule has 0 spiro atoms. The second-order valence-corrected chi connectivity index (χ2v) is 8.98. The van der Waals surface area contributed by atoms with Crippen molar-refractivity contribution in [2.24, 2.45) is 7.05 Å². The molecule has 174 valence electrons. The van der Waals surface area contributed by atoms with Gasteiger partial charge in [0.15, 0.2) is 0 Å². The Balaban J connectivity index is 1.51. The van der Waals surface area contributed by atoms with Crippen LogP contribution in [-0.4, -0.2) is 25.4 Å². The zero-order valence-electron chi connectivity index (χ0n) is 19.4. The monoisotopic (exact) mass is 482 g/mol. The summed E-state index contributed by atoms with van der Waals surface area (Å²) in [5.41, 5.74) is 5.49. The maximum atomic E-state index is 13.3. The van der Waals surface area contributed by atoms with Gasteiger partial charge >= 0.3 is 0 Å². The number of carbonyl (C=O) groups excluding carboxylic acids is 1. The topological polar surface area (TPSA) is 102 Å². The van der Waals surface area contributed by atoms with Crippen molar-refractivity contribution in [3.05, 3.63) is 92.8 Å². The zero-order chi connectivity index (χ0) is 24.5. The normalized spacial score (nSPS) is 10.9. The van der Waals surface area contributed by atoms with Crippen LogP contribution in [-0.2, 0) is 7.05 Å². The number of hydrogen-bond acceptors (Lipinski definition) is 7. The van der Waals surface area contributed by atoms with E-state index in [-0.39, 0.29) is 11.5 Å². The predicted octanol–water partition coefficient (Wildman–Crippen LogP) is 5.06. The van der Waals surface area contributed by atoms with E-state index in [0.29, 0.717) is 33.8 Å². The Morgan fingerprint density at radius 1 is 1.00 bits per heavy atom. The maximum Gasteiger partial charge on any atom is 0.277 e. The molecule has 0 bridgehead atoms. The molecule has 1 aromatic carbocycles. The number of carbonyl (C=O) groups is 1. The van der Waals surface area contributed by atoms with E-state index in [9.17, 15) is 9.59 Å². The highest BCUT2D eigenvalue weighted by Crippen LogP contribution is 2.28. The van der Waals surface area contributed by atoms with Crippen LogP contribution in [0.5, 0.6) is 0 Å². The number of aromatic nitrogens is 4. The van der Waals surface area contributed by atoms with Crippen LogP contribution in [0.2, 0.25) is 0 Å². The number of amides is 1. The van der Waals surface area contributed by atoms with E-state index < -0.39 is 0 Å². The molecule has 0 saturated carbocycles. The molecule has 0 radical (unpaired) electrons. The zero-order valence-corrected chi connectivity index (χ0v) is 20.2. The van der Waals surface area contributed by atoms with E-state index in [0.717, 1.165) is 22.5 Å². The highest BCUT2D eigenvalue weighted by atomic mass is 32.1. The number of hydrogen-bond donors (Lipinski definition) is 2. The Morgan fingerprint density at radius 2 is 1.83 bits per heavy atom. The molecule has 0 aliphatic carbocycles. The van der Waals surface area contributed by atoms with Crippen LogP contribution in [0, 0.1) is 13.8 Å². The van der Waals surface area contributed by atoms with Crippen LogP contribution in [0.3, 0.4) is 0 Å². The van der Waals surface area contributed by atoms with Crippen molar-refractivity contribution in [1.29, 1.82) is 0 Å². The number of aryl methyl sites for hydroxylation is 2. The number of benzene rings is 1. The first-order valence-electron chi connectivity index (χ1n) is 10.9. The predicted molar refractivity (Wildman–Crippen MR) is 139 cm³/mol. The molecule has 0 atom stereocenters. The summed E-state index contributed by atoms with van der Waals surface area (Å²) >= 11 is 1.47.